The van der Waals surface area contributed by atoms with Crippen LogP contribution in [0.4, 0.5) is 15.9 Å². The van der Waals surface area contributed by atoms with Gasteiger partial charge in [0, 0.05) is 18.4 Å². The van der Waals surface area contributed by atoms with Crippen molar-refractivity contribution in [3.05, 3.63) is 47.7 Å². The molecule has 0 radical (unpaired) electrons. The average molecular weight is 274 g/mol. The molecule has 0 aromatic carbocycles. The van der Waals surface area contributed by atoms with Crippen molar-refractivity contribution in [2.24, 2.45) is 0 Å². The molecule has 2 aromatic heterocycles. The normalized spacial score (nSPS) is 10.2. The van der Waals surface area contributed by atoms with E-state index in [4.69, 9.17) is 0 Å². The number of hydrogen-bond acceptors (Lipinski definition) is 4. The molecular formula is C14H15FN4O. The second kappa shape index (κ2) is 6.10. The minimum Gasteiger partial charge on any atom is -0.385 e. The molecule has 0 fully saturated rings. The fourth-order valence-corrected chi connectivity index (χ4v) is 1.71. The lowest BCUT2D eigenvalue weighted by molar-refractivity contribution is 0.102. The molecule has 0 unspecified atom stereocenters. The predicted molar refractivity (Wildman–Crippen MR) is 75.3 cm³/mol. The first kappa shape index (κ1) is 13.9. The summed E-state index contributed by atoms with van der Waals surface area (Å²) in [6.07, 6.45) is 2.56. The number of aromatic nitrogens is 2. The first-order valence-corrected chi connectivity index (χ1v) is 6.23. The van der Waals surface area contributed by atoms with Crippen LogP contribution >= 0.6 is 0 Å². The van der Waals surface area contributed by atoms with E-state index < -0.39 is 5.82 Å². The fraction of sp³-hybridized carbons (Fsp3) is 0.214. The molecule has 0 bridgehead atoms. The Morgan fingerprint density at radius 1 is 1.30 bits per heavy atom. The number of nitrogens with zero attached hydrogens (tertiary/aromatic N) is 2. The number of carbonyl (C=O) groups is 1. The number of hydrogen-bond donors (Lipinski definition) is 2. The zero-order valence-corrected chi connectivity index (χ0v) is 11.3. The van der Waals surface area contributed by atoms with E-state index in [1.165, 1.54) is 18.3 Å². The van der Waals surface area contributed by atoms with Gasteiger partial charge in [0.1, 0.15) is 11.6 Å². The molecule has 2 aromatic rings. The monoisotopic (exact) mass is 274 g/mol. The molecule has 0 aliphatic heterocycles. The molecule has 0 aliphatic carbocycles. The van der Waals surface area contributed by atoms with E-state index in [1.807, 2.05) is 13.8 Å². The Kier molecular flexibility index (Phi) is 4.24. The number of anilines is 2. The molecule has 104 valence electrons. The van der Waals surface area contributed by atoms with E-state index in [2.05, 4.69) is 20.6 Å². The van der Waals surface area contributed by atoms with Crippen LogP contribution in [0.3, 0.4) is 0 Å². The summed E-state index contributed by atoms with van der Waals surface area (Å²) in [6.45, 7) is 4.49. The van der Waals surface area contributed by atoms with Crippen LogP contribution in [0.5, 0.6) is 0 Å². The van der Waals surface area contributed by atoms with Gasteiger partial charge in [-0.2, -0.15) is 0 Å². The smallest absolute Gasteiger partial charge is 0.260 e. The third kappa shape index (κ3) is 3.28. The van der Waals surface area contributed by atoms with Crippen molar-refractivity contribution in [2.75, 3.05) is 17.2 Å². The first-order valence-electron chi connectivity index (χ1n) is 6.23. The lowest BCUT2D eigenvalue weighted by Gasteiger charge is -2.11. The number of pyridine rings is 2. The molecular weight excluding hydrogens is 259 g/mol. The van der Waals surface area contributed by atoms with E-state index in [0.717, 1.165) is 11.9 Å². The van der Waals surface area contributed by atoms with Crippen LogP contribution in [0.2, 0.25) is 0 Å². The molecule has 0 atom stereocenters. The van der Waals surface area contributed by atoms with Crippen molar-refractivity contribution in [2.45, 2.75) is 13.8 Å². The Bertz CT molecular complexity index is 613. The summed E-state index contributed by atoms with van der Waals surface area (Å²) in [5, 5.41) is 5.72. The van der Waals surface area contributed by atoms with E-state index in [-0.39, 0.29) is 5.91 Å². The van der Waals surface area contributed by atoms with Gasteiger partial charge < -0.3 is 10.6 Å². The fourth-order valence-electron chi connectivity index (χ4n) is 1.71. The average Bonchev–Trinajstić information content (AvgIpc) is 2.42. The van der Waals surface area contributed by atoms with Crippen molar-refractivity contribution in [3.63, 3.8) is 0 Å². The summed E-state index contributed by atoms with van der Waals surface area (Å²) >= 11 is 0. The predicted octanol–water partition coefficient (Wildman–Crippen LogP) is 2.61. The molecule has 2 heterocycles. The van der Waals surface area contributed by atoms with Crippen molar-refractivity contribution < 1.29 is 9.18 Å². The molecule has 0 saturated carbocycles. The van der Waals surface area contributed by atoms with Gasteiger partial charge in [0.15, 0.2) is 0 Å². The maximum Gasteiger partial charge on any atom is 0.260 e. The number of nitrogens with one attached hydrogen (secondary N) is 2. The topological polar surface area (TPSA) is 66.9 Å². The minimum atomic E-state index is -0.451. The number of halogens is 1. The lowest BCUT2D eigenvalue weighted by atomic mass is 10.2. The standard InChI is InChI=1S/C14H15FN4O/c1-3-16-12-6-9(2)17-8-11(12)14(20)19-13-5-4-10(15)7-18-13/h4-8H,3H2,1-2H3,(H,16,17)(H,18,19,20). The van der Waals surface area contributed by atoms with Gasteiger partial charge in [0.05, 0.1) is 17.4 Å². The number of aryl methyl sites for hydroxylation is 1. The van der Waals surface area contributed by atoms with Gasteiger partial charge in [-0.25, -0.2) is 9.37 Å². The van der Waals surface area contributed by atoms with Crippen LogP contribution in [-0.2, 0) is 0 Å². The van der Waals surface area contributed by atoms with Crippen molar-refractivity contribution in [3.8, 4) is 0 Å². The highest BCUT2D eigenvalue weighted by atomic mass is 19.1. The van der Waals surface area contributed by atoms with Crippen LogP contribution in [0.25, 0.3) is 0 Å². The Hall–Kier alpha value is -2.50. The third-order valence-electron chi connectivity index (χ3n) is 2.62. The van der Waals surface area contributed by atoms with Gasteiger partial charge in [0.2, 0.25) is 0 Å². The SMILES string of the molecule is CCNc1cc(C)ncc1C(=O)Nc1ccc(F)cn1. The van der Waals surface area contributed by atoms with Gasteiger partial charge in [-0.1, -0.05) is 0 Å². The van der Waals surface area contributed by atoms with Crippen molar-refractivity contribution in [1.82, 2.24) is 9.97 Å². The van der Waals surface area contributed by atoms with Gasteiger partial charge in [-0.15, -0.1) is 0 Å². The van der Waals surface area contributed by atoms with Crippen LogP contribution in [0.15, 0.2) is 30.6 Å². The summed E-state index contributed by atoms with van der Waals surface area (Å²) < 4.78 is 12.8. The molecule has 0 saturated heterocycles. The Morgan fingerprint density at radius 3 is 2.75 bits per heavy atom. The van der Waals surface area contributed by atoms with Crippen LogP contribution in [-0.4, -0.2) is 22.4 Å². The summed E-state index contributed by atoms with van der Waals surface area (Å²) in [4.78, 5) is 20.1. The Labute approximate surface area is 116 Å². The quantitative estimate of drug-likeness (QED) is 0.899. The highest BCUT2D eigenvalue weighted by molar-refractivity contribution is 6.07. The summed E-state index contributed by atoms with van der Waals surface area (Å²) in [7, 11) is 0. The summed E-state index contributed by atoms with van der Waals surface area (Å²) in [6, 6.07) is 4.44. The van der Waals surface area contributed by atoms with Gasteiger partial charge in [-0.3, -0.25) is 9.78 Å². The van der Waals surface area contributed by atoms with E-state index in [0.29, 0.717) is 23.6 Å². The zero-order chi connectivity index (χ0) is 14.5. The maximum atomic E-state index is 12.8. The van der Waals surface area contributed by atoms with E-state index in [9.17, 15) is 9.18 Å². The molecule has 2 rings (SSSR count). The van der Waals surface area contributed by atoms with Gasteiger partial charge in [-0.05, 0) is 32.0 Å². The summed E-state index contributed by atoms with van der Waals surface area (Å²) in [5.41, 5.74) is 1.94. The Morgan fingerprint density at radius 2 is 2.10 bits per heavy atom. The second-order valence-corrected chi connectivity index (χ2v) is 4.22. The maximum absolute atomic E-state index is 12.8. The molecule has 0 spiro atoms. The van der Waals surface area contributed by atoms with Gasteiger partial charge in [0.25, 0.3) is 5.91 Å². The molecule has 2 N–H and O–H groups in total. The van der Waals surface area contributed by atoms with Crippen LogP contribution in [0.1, 0.15) is 23.0 Å². The zero-order valence-electron chi connectivity index (χ0n) is 11.3. The largest absolute Gasteiger partial charge is 0.385 e. The van der Waals surface area contributed by atoms with Crippen LogP contribution in [0, 0.1) is 12.7 Å². The highest BCUT2D eigenvalue weighted by Gasteiger charge is 2.12. The van der Waals surface area contributed by atoms with E-state index >= 15 is 0 Å². The number of rotatable bonds is 4. The lowest BCUT2D eigenvalue weighted by Crippen LogP contribution is -2.16. The molecule has 1 amide bonds. The minimum absolute atomic E-state index is 0.291. The van der Waals surface area contributed by atoms with Crippen LogP contribution < -0.4 is 10.6 Å². The molecule has 0 aliphatic rings. The van der Waals surface area contributed by atoms with Gasteiger partial charge >= 0.3 is 0 Å². The number of carbonyl (C=O) groups excluding carboxylic acids is 1. The molecule has 6 heteroatoms. The molecule has 5 nitrogen and oxygen atoms in total. The van der Waals surface area contributed by atoms with Crippen molar-refractivity contribution >= 4 is 17.4 Å². The summed E-state index contributed by atoms with van der Waals surface area (Å²) in [5.74, 6) is -0.500. The van der Waals surface area contributed by atoms with E-state index in [1.54, 1.807) is 6.07 Å². The number of amides is 1. The molecule has 20 heavy (non-hydrogen) atoms. The first-order chi connectivity index (χ1) is 9.60. The third-order valence-corrected chi connectivity index (χ3v) is 2.62. The highest BCUT2D eigenvalue weighted by Crippen LogP contribution is 2.17. The Balaban J connectivity index is 2.22. The second-order valence-electron chi connectivity index (χ2n) is 4.22. The van der Waals surface area contributed by atoms with Crippen molar-refractivity contribution in [1.29, 1.82) is 0 Å².